The summed E-state index contributed by atoms with van der Waals surface area (Å²) in [5.74, 6) is 0.111. The zero-order valence-electron chi connectivity index (χ0n) is 12.6. The maximum Gasteiger partial charge on any atom is 0.237 e. The average molecular weight is 292 g/mol. The number of hydrogen-bond acceptors (Lipinski definition) is 3. The largest absolute Gasteiger partial charge is 0.378 e. The zero-order chi connectivity index (χ0) is 14.5. The van der Waals surface area contributed by atoms with Crippen LogP contribution in [-0.4, -0.2) is 30.5 Å². The Hall–Kier alpha value is -1.16. The van der Waals surface area contributed by atoms with Gasteiger partial charge >= 0.3 is 0 Å². The molecule has 1 N–H and O–H groups in total. The van der Waals surface area contributed by atoms with Crippen LogP contribution in [0.3, 0.4) is 0 Å². The van der Waals surface area contributed by atoms with Gasteiger partial charge in [-0.05, 0) is 44.0 Å². The Bertz CT molecular complexity index is 438. The van der Waals surface area contributed by atoms with Gasteiger partial charge in [-0.1, -0.05) is 12.8 Å². The lowest BCUT2D eigenvalue weighted by Crippen LogP contribution is -2.24. The predicted molar refractivity (Wildman–Crippen MR) is 88.7 cm³/mol. The Morgan fingerprint density at radius 1 is 1.25 bits per heavy atom. The Morgan fingerprint density at radius 2 is 1.85 bits per heavy atom. The minimum Gasteiger partial charge on any atom is -0.378 e. The molecule has 0 heterocycles. The first-order valence-electron chi connectivity index (χ1n) is 7.30. The van der Waals surface area contributed by atoms with Gasteiger partial charge in [0.25, 0.3) is 0 Å². The van der Waals surface area contributed by atoms with E-state index >= 15 is 0 Å². The van der Waals surface area contributed by atoms with Crippen molar-refractivity contribution < 1.29 is 4.79 Å². The molecule has 20 heavy (non-hydrogen) atoms. The molecule has 1 aromatic rings. The summed E-state index contributed by atoms with van der Waals surface area (Å²) in [5, 5.41) is 3.70. The monoisotopic (exact) mass is 292 g/mol. The predicted octanol–water partition coefficient (Wildman–Crippen LogP) is 3.76. The number of amides is 1. The quantitative estimate of drug-likeness (QED) is 0.897. The fourth-order valence-corrected chi connectivity index (χ4v) is 3.83. The van der Waals surface area contributed by atoms with Crippen LogP contribution < -0.4 is 10.2 Å². The van der Waals surface area contributed by atoms with E-state index in [0.29, 0.717) is 5.25 Å². The molecule has 1 aromatic carbocycles. The van der Waals surface area contributed by atoms with Crippen LogP contribution in [0.15, 0.2) is 24.3 Å². The Kier molecular flexibility index (Phi) is 5.35. The molecule has 110 valence electrons. The van der Waals surface area contributed by atoms with Gasteiger partial charge in [0, 0.05) is 30.7 Å². The fraction of sp³-hybridized carbons (Fsp3) is 0.562. The molecule has 0 aromatic heterocycles. The number of anilines is 2. The normalized spacial score (nSPS) is 16.9. The van der Waals surface area contributed by atoms with Gasteiger partial charge in [0.05, 0.1) is 5.25 Å². The number of carbonyl (C=O) groups excluding carboxylic acids is 1. The molecular formula is C16H24N2OS. The minimum atomic E-state index is 0.0200. The van der Waals surface area contributed by atoms with Crippen LogP contribution in [0, 0.1) is 0 Å². The number of hydrogen-bond donors (Lipinski definition) is 1. The number of nitrogens with zero attached hydrogens (tertiary/aromatic N) is 1. The number of carbonyl (C=O) groups is 1. The molecule has 1 aliphatic rings. The summed E-state index contributed by atoms with van der Waals surface area (Å²) in [6.45, 7) is 2.01. The molecular weight excluding hydrogens is 268 g/mol. The van der Waals surface area contributed by atoms with Gasteiger partial charge in [-0.15, -0.1) is 11.8 Å². The van der Waals surface area contributed by atoms with E-state index in [1.165, 1.54) is 25.7 Å². The van der Waals surface area contributed by atoms with E-state index in [2.05, 4.69) is 5.32 Å². The van der Waals surface area contributed by atoms with E-state index < -0.39 is 0 Å². The molecule has 0 radical (unpaired) electrons. The average Bonchev–Trinajstić information content (AvgIpc) is 2.92. The van der Waals surface area contributed by atoms with Gasteiger partial charge < -0.3 is 10.2 Å². The molecule has 1 aliphatic carbocycles. The van der Waals surface area contributed by atoms with E-state index in [1.54, 1.807) is 0 Å². The third-order valence-corrected chi connectivity index (χ3v) is 5.20. The van der Waals surface area contributed by atoms with Crippen molar-refractivity contribution in [3.05, 3.63) is 24.3 Å². The van der Waals surface area contributed by atoms with Gasteiger partial charge in [0.1, 0.15) is 0 Å². The second kappa shape index (κ2) is 7.02. The first-order chi connectivity index (χ1) is 9.56. The highest BCUT2D eigenvalue weighted by Gasteiger charge is 2.22. The van der Waals surface area contributed by atoms with Crippen molar-refractivity contribution in [3.63, 3.8) is 0 Å². The molecule has 1 unspecified atom stereocenters. The van der Waals surface area contributed by atoms with Crippen molar-refractivity contribution in [3.8, 4) is 0 Å². The first-order valence-corrected chi connectivity index (χ1v) is 8.24. The van der Waals surface area contributed by atoms with Crippen LogP contribution in [-0.2, 0) is 4.79 Å². The van der Waals surface area contributed by atoms with Crippen molar-refractivity contribution in [1.29, 1.82) is 0 Å². The maximum atomic E-state index is 12.2. The topological polar surface area (TPSA) is 32.3 Å². The van der Waals surface area contributed by atoms with Gasteiger partial charge in [0.2, 0.25) is 5.91 Å². The maximum absolute atomic E-state index is 12.2. The van der Waals surface area contributed by atoms with Crippen LogP contribution in [0.25, 0.3) is 0 Å². The summed E-state index contributed by atoms with van der Waals surface area (Å²) in [6, 6.07) is 7.95. The Morgan fingerprint density at radius 3 is 2.40 bits per heavy atom. The Balaban J connectivity index is 1.86. The van der Waals surface area contributed by atoms with Crippen LogP contribution >= 0.6 is 11.8 Å². The van der Waals surface area contributed by atoms with Gasteiger partial charge in [-0.3, -0.25) is 4.79 Å². The summed E-state index contributed by atoms with van der Waals surface area (Å²) in [4.78, 5) is 14.2. The van der Waals surface area contributed by atoms with Gasteiger partial charge in [-0.25, -0.2) is 0 Å². The molecule has 1 fully saturated rings. The van der Waals surface area contributed by atoms with Gasteiger partial charge in [-0.2, -0.15) is 0 Å². The molecule has 3 nitrogen and oxygen atoms in total. The van der Waals surface area contributed by atoms with E-state index in [1.807, 2.05) is 61.9 Å². The fourth-order valence-electron chi connectivity index (χ4n) is 2.46. The molecule has 1 atom stereocenters. The second-order valence-electron chi connectivity index (χ2n) is 5.62. The van der Waals surface area contributed by atoms with Crippen LogP contribution in [0.5, 0.6) is 0 Å². The minimum absolute atomic E-state index is 0.0200. The van der Waals surface area contributed by atoms with Crippen LogP contribution in [0.1, 0.15) is 32.6 Å². The second-order valence-corrected chi connectivity index (χ2v) is 7.26. The van der Waals surface area contributed by atoms with Crippen molar-refractivity contribution in [2.75, 3.05) is 24.3 Å². The van der Waals surface area contributed by atoms with Crippen molar-refractivity contribution >= 4 is 29.0 Å². The Labute approximate surface area is 126 Å². The van der Waals surface area contributed by atoms with Crippen LogP contribution in [0.2, 0.25) is 0 Å². The summed E-state index contributed by atoms with van der Waals surface area (Å²) >= 11 is 1.82. The lowest BCUT2D eigenvalue weighted by molar-refractivity contribution is -0.115. The van der Waals surface area contributed by atoms with Crippen LogP contribution in [0.4, 0.5) is 11.4 Å². The highest BCUT2D eigenvalue weighted by molar-refractivity contribution is 8.01. The molecule has 0 spiro atoms. The van der Waals surface area contributed by atoms with Crippen molar-refractivity contribution in [2.45, 2.75) is 43.1 Å². The molecule has 1 saturated carbocycles. The SMILES string of the molecule is CC(SC1CCCC1)C(=O)Nc1ccc(N(C)C)cc1. The smallest absolute Gasteiger partial charge is 0.237 e. The number of nitrogens with one attached hydrogen (secondary N) is 1. The molecule has 2 rings (SSSR count). The standard InChI is InChI=1S/C16H24N2OS/c1-12(20-15-6-4-5-7-15)16(19)17-13-8-10-14(11-9-13)18(2)3/h8-12,15H,4-7H2,1-3H3,(H,17,19). The summed E-state index contributed by atoms with van der Waals surface area (Å²) in [7, 11) is 4.02. The molecule has 0 bridgehead atoms. The highest BCUT2D eigenvalue weighted by atomic mass is 32.2. The lowest BCUT2D eigenvalue weighted by Gasteiger charge is -2.17. The number of rotatable bonds is 5. The van der Waals surface area contributed by atoms with E-state index in [9.17, 15) is 4.79 Å². The van der Waals surface area contributed by atoms with Gasteiger partial charge in [0.15, 0.2) is 0 Å². The third-order valence-electron chi connectivity index (χ3n) is 3.72. The highest BCUT2D eigenvalue weighted by Crippen LogP contribution is 2.32. The molecule has 1 amide bonds. The van der Waals surface area contributed by atoms with E-state index in [4.69, 9.17) is 0 Å². The lowest BCUT2D eigenvalue weighted by atomic mass is 10.2. The zero-order valence-corrected chi connectivity index (χ0v) is 13.4. The molecule has 0 saturated heterocycles. The van der Waals surface area contributed by atoms with Crippen molar-refractivity contribution in [1.82, 2.24) is 0 Å². The third kappa shape index (κ3) is 4.17. The summed E-state index contributed by atoms with van der Waals surface area (Å²) in [6.07, 6.45) is 5.16. The summed E-state index contributed by atoms with van der Waals surface area (Å²) in [5.41, 5.74) is 2.01. The van der Waals surface area contributed by atoms with E-state index in [0.717, 1.165) is 11.4 Å². The van der Waals surface area contributed by atoms with E-state index in [-0.39, 0.29) is 11.2 Å². The summed E-state index contributed by atoms with van der Waals surface area (Å²) < 4.78 is 0. The molecule has 0 aliphatic heterocycles. The van der Waals surface area contributed by atoms with Crippen molar-refractivity contribution in [2.24, 2.45) is 0 Å². The molecule has 4 heteroatoms. The number of benzene rings is 1. The first kappa shape index (κ1) is 15.2. The number of thioether (sulfide) groups is 1.